The highest BCUT2D eigenvalue weighted by Crippen LogP contribution is 2.46. The summed E-state index contributed by atoms with van der Waals surface area (Å²) in [5, 5.41) is 0. The lowest BCUT2D eigenvalue weighted by Gasteiger charge is -2.56. The average Bonchev–Trinajstić information content (AvgIpc) is 2.18. The second-order valence-electron chi connectivity index (χ2n) is 6.15. The highest BCUT2D eigenvalue weighted by Gasteiger charge is 2.49. The number of rotatable bonds is 0. The van der Waals surface area contributed by atoms with E-state index in [1.165, 1.54) is 36.8 Å². The van der Waals surface area contributed by atoms with Crippen LogP contribution in [-0.2, 0) is 0 Å². The molecular weight excluding hydrogens is 170 g/mol. The molecule has 0 amide bonds. The molecule has 3 aliphatic rings. The zero-order valence-electron chi connectivity index (χ0n) is 9.54. The summed E-state index contributed by atoms with van der Waals surface area (Å²) in [5.41, 5.74) is 0. The Morgan fingerprint density at radius 1 is 0.786 bits per heavy atom. The lowest BCUT2D eigenvalue weighted by Crippen LogP contribution is -2.64. The molecule has 2 aliphatic heterocycles. The number of hydrogen-bond donors (Lipinski definition) is 0. The summed E-state index contributed by atoms with van der Waals surface area (Å²) in [5.74, 6) is 2.21. The van der Waals surface area contributed by atoms with Crippen molar-refractivity contribution in [2.45, 2.75) is 51.0 Å². The van der Waals surface area contributed by atoms with Crippen molar-refractivity contribution < 1.29 is 4.48 Å². The van der Waals surface area contributed by atoms with E-state index in [9.17, 15) is 0 Å². The van der Waals surface area contributed by atoms with Crippen LogP contribution in [-0.4, -0.2) is 30.7 Å². The molecule has 0 N–H and O–H groups in total. The van der Waals surface area contributed by atoms with Crippen LogP contribution in [0, 0.1) is 11.8 Å². The maximum absolute atomic E-state index is 2.55. The summed E-state index contributed by atoms with van der Waals surface area (Å²) in [7, 11) is 2.55. The van der Waals surface area contributed by atoms with Crippen molar-refractivity contribution in [1.29, 1.82) is 0 Å². The van der Waals surface area contributed by atoms with Crippen molar-refractivity contribution in [1.82, 2.24) is 0 Å². The third-order valence-corrected chi connectivity index (χ3v) is 5.32. The first-order valence-corrected chi connectivity index (χ1v) is 6.64. The Morgan fingerprint density at radius 2 is 1.29 bits per heavy atom. The molecule has 2 atom stereocenters. The molecule has 0 spiro atoms. The van der Waals surface area contributed by atoms with E-state index in [1.807, 2.05) is 0 Å². The lowest BCUT2D eigenvalue weighted by molar-refractivity contribution is -0.952. The van der Waals surface area contributed by atoms with E-state index in [1.54, 1.807) is 25.7 Å². The molecule has 0 bridgehead atoms. The molecule has 2 saturated heterocycles. The van der Waals surface area contributed by atoms with E-state index >= 15 is 0 Å². The minimum absolute atomic E-state index is 1.08. The fraction of sp³-hybridized carbons (Fsp3) is 1.00. The Balaban J connectivity index is 1.90. The van der Waals surface area contributed by atoms with Crippen molar-refractivity contribution in [3.05, 3.63) is 0 Å². The van der Waals surface area contributed by atoms with Gasteiger partial charge in [-0.15, -0.1) is 0 Å². The SMILES string of the molecule is C[N+]12CCC[C@H]3CCC[C@H](CCC1)C32. The summed E-state index contributed by atoms with van der Waals surface area (Å²) in [6.07, 6.45) is 10.7. The van der Waals surface area contributed by atoms with Crippen molar-refractivity contribution in [3.63, 3.8) is 0 Å². The van der Waals surface area contributed by atoms with Gasteiger partial charge in [0.2, 0.25) is 0 Å². The molecule has 0 unspecified atom stereocenters. The molecule has 3 rings (SSSR count). The molecule has 1 nitrogen and oxygen atoms in total. The molecule has 2 heterocycles. The Bertz CT molecular complexity index is 201. The van der Waals surface area contributed by atoms with Gasteiger partial charge in [-0.2, -0.15) is 0 Å². The van der Waals surface area contributed by atoms with Crippen LogP contribution in [0.5, 0.6) is 0 Å². The summed E-state index contributed by atoms with van der Waals surface area (Å²) < 4.78 is 1.45. The molecule has 1 aliphatic carbocycles. The van der Waals surface area contributed by atoms with Gasteiger partial charge in [-0.25, -0.2) is 0 Å². The van der Waals surface area contributed by atoms with E-state index in [4.69, 9.17) is 0 Å². The highest BCUT2D eigenvalue weighted by molar-refractivity contribution is 4.88. The van der Waals surface area contributed by atoms with Crippen molar-refractivity contribution in [3.8, 4) is 0 Å². The molecule has 1 heteroatoms. The summed E-state index contributed by atoms with van der Waals surface area (Å²) in [6.45, 7) is 2.97. The number of hydrogen-bond acceptors (Lipinski definition) is 0. The predicted octanol–water partition coefficient (Wildman–Crippen LogP) is 2.81. The molecule has 80 valence electrons. The maximum atomic E-state index is 2.55. The standard InChI is InChI=1S/C13H24N/c1-14-9-3-7-11-5-2-6-12(13(11)14)8-4-10-14/h11-13H,2-10H2,1H3/q+1/t11-,12-,13?,14?/m1/s1. The van der Waals surface area contributed by atoms with Gasteiger partial charge in [0.1, 0.15) is 0 Å². The molecule has 0 aromatic heterocycles. The van der Waals surface area contributed by atoms with Crippen LogP contribution in [0.2, 0.25) is 0 Å². The minimum atomic E-state index is 1.08. The Morgan fingerprint density at radius 3 is 1.86 bits per heavy atom. The molecule has 0 radical (unpaired) electrons. The maximum Gasteiger partial charge on any atom is 0.0945 e. The second kappa shape index (κ2) is 3.23. The van der Waals surface area contributed by atoms with Gasteiger partial charge in [-0.05, 0) is 38.5 Å². The van der Waals surface area contributed by atoms with Crippen LogP contribution < -0.4 is 0 Å². The van der Waals surface area contributed by atoms with Crippen LogP contribution in [0.4, 0.5) is 0 Å². The van der Waals surface area contributed by atoms with Gasteiger partial charge in [-0.3, -0.25) is 0 Å². The zero-order chi connectivity index (χ0) is 9.60. The normalized spacial score (nSPS) is 52.5. The van der Waals surface area contributed by atoms with Crippen LogP contribution in [0.1, 0.15) is 44.9 Å². The Hall–Kier alpha value is -0.0400. The van der Waals surface area contributed by atoms with Gasteiger partial charge in [0.15, 0.2) is 0 Å². The van der Waals surface area contributed by atoms with E-state index in [0.29, 0.717) is 0 Å². The van der Waals surface area contributed by atoms with Gasteiger partial charge in [0.25, 0.3) is 0 Å². The van der Waals surface area contributed by atoms with E-state index in [0.717, 1.165) is 17.9 Å². The molecular formula is C13H24N+. The largest absolute Gasteiger partial charge is 0.323 e. The fourth-order valence-corrected chi connectivity index (χ4v) is 4.86. The van der Waals surface area contributed by atoms with Gasteiger partial charge < -0.3 is 4.48 Å². The molecule has 0 aromatic rings. The van der Waals surface area contributed by atoms with E-state index in [2.05, 4.69) is 7.05 Å². The average molecular weight is 194 g/mol. The van der Waals surface area contributed by atoms with Crippen LogP contribution in [0.3, 0.4) is 0 Å². The number of nitrogens with zero attached hydrogens (tertiary/aromatic N) is 1. The fourth-order valence-electron chi connectivity index (χ4n) is 4.86. The highest BCUT2D eigenvalue weighted by atomic mass is 15.4. The van der Waals surface area contributed by atoms with Crippen molar-refractivity contribution >= 4 is 0 Å². The summed E-state index contributed by atoms with van der Waals surface area (Å²) in [6, 6.07) is 1.08. The quantitative estimate of drug-likeness (QED) is 0.520. The summed E-state index contributed by atoms with van der Waals surface area (Å²) >= 11 is 0. The van der Waals surface area contributed by atoms with Gasteiger partial charge in [-0.1, -0.05) is 6.42 Å². The predicted molar refractivity (Wildman–Crippen MR) is 59.0 cm³/mol. The second-order valence-corrected chi connectivity index (χ2v) is 6.15. The first-order chi connectivity index (χ1) is 6.80. The van der Waals surface area contributed by atoms with E-state index in [-0.39, 0.29) is 0 Å². The Kier molecular flexibility index (Phi) is 2.12. The van der Waals surface area contributed by atoms with Crippen LogP contribution in [0.15, 0.2) is 0 Å². The van der Waals surface area contributed by atoms with Gasteiger partial charge >= 0.3 is 0 Å². The topological polar surface area (TPSA) is 0 Å². The molecule has 1 saturated carbocycles. The van der Waals surface area contributed by atoms with Crippen LogP contribution >= 0.6 is 0 Å². The molecule has 3 fully saturated rings. The van der Waals surface area contributed by atoms with Crippen LogP contribution in [0.25, 0.3) is 0 Å². The third-order valence-electron chi connectivity index (χ3n) is 5.32. The third kappa shape index (κ3) is 1.25. The number of quaternary nitrogens is 1. The minimum Gasteiger partial charge on any atom is -0.323 e. The number of piperidine rings is 2. The smallest absolute Gasteiger partial charge is 0.0945 e. The van der Waals surface area contributed by atoms with Crippen molar-refractivity contribution in [2.24, 2.45) is 11.8 Å². The Labute approximate surface area is 88.1 Å². The summed E-state index contributed by atoms with van der Waals surface area (Å²) in [4.78, 5) is 0. The lowest BCUT2D eigenvalue weighted by atomic mass is 9.67. The van der Waals surface area contributed by atoms with Gasteiger partial charge in [0.05, 0.1) is 26.2 Å². The van der Waals surface area contributed by atoms with Crippen molar-refractivity contribution in [2.75, 3.05) is 20.1 Å². The van der Waals surface area contributed by atoms with Gasteiger partial charge in [0, 0.05) is 11.8 Å². The first-order valence-electron chi connectivity index (χ1n) is 6.64. The molecule has 0 aromatic carbocycles. The van der Waals surface area contributed by atoms with E-state index < -0.39 is 0 Å². The molecule has 14 heavy (non-hydrogen) atoms. The monoisotopic (exact) mass is 194 g/mol. The zero-order valence-corrected chi connectivity index (χ0v) is 9.54. The first kappa shape index (κ1) is 9.21.